The number of nitrogen functional groups attached to an aromatic ring is 1. The van der Waals surface area contributed by atoms with Crippen LogP contribution in [0.1, 0.15) is 29.5 Å². The van der Waals surface area contributed by atoms with E-state index in [1.807, 2.05) is 24.3 Å². The average Bonchev–Trinajstić information content (AvgIpc) is 2.86. The first-order chi connectivity index (χ1) is 16.3. The third-order valence-corrected chi connectivity index (χ3v) is 7.94. The number of hydrogen-bond donors (Lipinski definition) is 2. The van der Waals surface area contributed by atoms with Crippen LogP contribution in [0.4, 0.5) is 11.4 Å². The number of aryl methyl sites for hydroxylation is 2. The predicted octanol–water partition coefficient (Wildman–Crippen LogP) is 3.71. The molecule has 0 fully saturated rings. The molecule has 34 heavy (non-hydrogen) atoms. The molecule has 1 amide bonds. The molecule has 3 N–H and O–H groups in total. The maximum Gasteiger partial charge on any atom is 0.264 e. The topological polar surface area (TPSA) is 108 Å². The van der Waals surface area contributed by atoms with Crippen molar-refractivity contribution in [1.29, 1.82) is 5.41 Å². The van der Waals surface area contributed by atoms with E-state index in [1.165, 1.54) is 4.31 Å². The normalized spacial score (nSPS) is 13.3. The summed E-state index contributed by atoms with van der Waals surface area (Å²) in [7, 11) is -2.12. The van der Waals surface area contributed by atoms with Gasteiger partial charge in [-0.2, -0.15) is 0 Å². The second-order valence-corrected chi connectivity index (χ2v) is 10.3. The Morgan fingerprint density at radius 3 is 2.44 bits per heavy atom. The largest absolute Gasteiger partial charge is 0.384 e. The molecule has 0 spiro atoms. The minimum Gasteiger partial charge on any atom is -0.384 e. The number of nitrogens with two attached hydrogens (primary N) is 1. The van der Waals surface area contributed by atoms with Gasteiger partial charge in [0.05, 0.1) is 10.6 Å². The molecule has 176 valence electrons. The van der Waals surface area contributed by atoms with Gasteiger partial charge >= 0.3 is 0 Å². The number of carbonyl (C=O) groups excluding carboxylic acids is 1. The van der Waals surface area contributed by atoms with E-state index in [-0.39, 0.29) is 16.6 Å². The van der Waals surface area contributed by atoms with Gasteiger partial charge in [0.2, 0.25) is 5.91 Å². The summed E-state index contributed by atoms with van der Waals surface area (Å²) in [5.74, 6) is 0.0590. The molecule has 0 unspecified atom stereocenters. The quantitative estimate of drug-likeness (QED) is 0.400. The summed E-state index contributed by atoms with van der Waals surface area (Å²) in [4.78, 5) is 15.1. The highest BCUT2D eigenvalue weighted by Crippen LogP contribution is 2.33. The number of fused-ring (bicyclic) bond motifs is 1. The van der Waals surface area contributed by atoms with Gasteiger partial charge in [0.1, 0.15) is 5.84 Å². The molecule has 0 aromatic heterocycles. The van der Waals surface area contributed by atoms with Crippen molar-refractivity contribution < 1.29 is 13.2 Å². The van der Waals surface area contributed by atoms with Crippen LogP contribution in [0.25, 0.3) is 0 Å². The van der Waals surface area contributed by atoms with Crippen LogP contribution in [0.15, 0.2) is 77.7 Å². The molecule has 7 nitrogen and oxygen atoms in total. The van der Waals surface area contributed by atoms with E-state index in [2.05, 4.69) is 0 Å². The highest BCUT2D eigenvalue weighted by atomic mass is 32.2. The van der Waals surface area contributed by atoms with E-state index in [0.29, 0.717) is 30.6 Å². The van der Waals surface area contributed by atoms with Gasteiger partial charge < -0.3 is 10.6 Å². The standard InChI is InChI=1S/C26H28N4O3S/c1-29(34(32,33)23-7-3-2-4-8-23)22-14-15-24-21(18-22)6-5-17-30(24)25(31)16-11-19-9-12-20(13-10-19)26(27)28/h2-4,7-10,12-15,18H,5-6,11,16-17H2,1H3,(H3,27,28). The van der Waals surface area contributed by atoms with E-state index in [4.69, 9.17) is 11.1 Å². The maximum atomic E-state index is 13.0. The molecule has 0 bridgehead atoms. The van der Waals surface area contributed by atoms with Crippen LogP contribution in [0.5, 0.6) is 0 Å². The molecule has 0 saturated carbocycles. The summed E-state index contributed by atoms with van der Waals surface area (Å²) < 4.78 is 27.3. The molecule has 0 radical (unpaired) electrons. The second-order valence-electron chi connectivity index (χ2n) is 8.36. The molecule has 0 aliphatic carbocycles. The van der Waals surface area contributed by atoms with E-state index in [9.17, 15) is 13.2 Å². The molecule has 1 aliphatic rings. The van der Waals surface area contributed by atoms with Crippen LogP contribution < -0.4 is 14.9 Å². The van der Waals surface area contributed by atoms with Gasteiger partial charge in [-0.3, -0.25) is 14.5 Å². The van der Waals surface area contributed by atoms with Gasteiger partial charge in [0, 0.05) is 31.3 Å². The third-order valence-electron chi connectivity index (χ3n) is 6.14. The van der Waals surface area contributed by atoms with Gasteiger partial charge in [-0.1, -0.05) is 42.5 Å². The van der Waals surface area contributed by atoms with Crippen molar-refractivity contribution >= 4 is 33.1 Å². The zero-order valence-corrected chi connectivity index (χ0v) is 19.9. The average molecular weight is 477 g/mol. The summed E-state index contributed by atoms with van der Waals surface area (Å²) in [6.45, 7) is 0.645. The zero-order valence-electron chi connectivity index (χ0n) is 19.1. The Kier molecular flexibility index (Phi) is 6.70. The van der Waals surface area contributed by atoms with Gasteiger partial charge in [0.25, 0.3) is 10.0 Å². The van der Waals surface area contributed by atoms with Crippen molar-refractivity contribution in [3.63, 3.8) is 0 Å². The summed E-state index contributed by atoms with van der Waals surface area (Å²) in [5, 5.41) is 7.48. The van der Waals surface area contributed by atoms with Gasteiger partial charge in [-0.15, -0.1) is 0 Å². The molecule has 3 aromatic rings. The molecule has 0 atom stereocenters. The van der Waals surface area contributed by atoms with E-state index < -0.39 is 10.0 Å². The fraction of sp³-hybridized carbons (Fsp3) is 0.231. The Balaban J connectivity index is 1.49. The lowest BCUT2D eigenvalue weighted by molar-refractivity contribution is -0.118. The van der Waals surface area contributed by atoms with Crippen LogP contribution in [-0.2, 0) is 27.7 Å². The Labute approximate surface area is 200 Å². The van der Waals surface area contributed by atoms with Crippen molar-refractivity contribution in [3.8, 4) is 0 Å². The first-order valence-corrected chi connectivity index (χ1v) is 12.6. The molecule has 4 rings (SSSR count). The van der Waals surface area contributed by atoms with Crippen LogP contribution in [0.3, 0.4) is 0 Å². The number of nitrogens with one attached hydrogen (secondary N) is 1. The molecule has 3 aromatic carbocycles. The number of hydrogen-bond acceptors (Lipinski definition) is 4. The van der Waals surface area contributed by atoms with Crippen molar-refractivity contribution in [2.24, 2.45) is 5.73 Å². The minimum atomic E-state index is -3.66. The number of anilines is 2. The molecular formula is C26H28N4O3S. The number of amidine groups is 1. The number of benzene rings is 3. The molecule has 8 heteroatoms. The van der Waals surface area contributed by atoms with Crippen molar-refractivity contribution in [1.82, 2.24) is 0 Å². The lowest BCUT2D eigenvalue weighted by Crippen LogP contribution is -2.36. The van der Waals surface area contributed by atoms with Crippen LogP contribution in [-0.4, -0.2) is 33.8 Å². The molecule has 1 heterocycles. The molecule has 1 aliphatic heterocycles. The highest BCUT2D eigenvalue weighted by molar-refractivity contribution is 7.92. The number of rotatable bonds is 7. The fourth-order valence-electron chi connectivity index (χ4n) is 4.17. The summed E-state index contributed by atoms with van der Waals surface area (Å²) in [6.07, 6.45) is 2.57. The SMILES string of the molecule is CN(c1ccc2c(c1)CCCN2C(=O)CCc1ccc(C(=N)N)cc1)S(=O)(=O)c1ccccc1. The van der Waals surface area contributed by atoms with E-state index in [0.717, 1.165) is 29.7 Å². The first-order valence-electron chi connectivity index (χ1n) is 11.2. The van der Waals surface area contributed by atoms with Crippen molar-refractivity contribution in [2.75, 3.05) is 22.8 Å². The van der Waals surface area contributed by atoms with Crippen LogP contribution in [0, 0.1) is 5.41 Å². The Morgan fingerprint density at radius 1 is 1.06 bits per heavy atom. The minimum absolute atomic E-state index is 0.0223. The van der Waals surface area contributed by atoms with E-state index in [1.54, 1.807) is 60.5 Å². The van der Waals surface area contributed by atoms with Crippen LogP contribution >= 0.6 is 0 Å². The highest BCUT2D eigenvalue weighted by Gasteiger charge is 2.25. The Bertz CT molecular complexity index is 1310. The molecule has 0 saturated heterocycles. The zero-order chi connectivity index (χ0) is 24.3. The van der Waals surface area contributed by atoms with Crippen LogP contribution in [0.2, 0.25) is 0 Å². The monoisotopic (exact) mass is 476 g/mol. The summed E-state index contributed by atoms with van der Waals surface area (Å²) >= 11 is 0. The van der Waals surface area contributed by atoms with Crippen molar-refractivity contribution in [3.05, 3.63) is 89.5 Å². The van der Waals surface area contributed by atoms with E-state index >= 15 is 0 Å². The summed E-state index contributed by atoms with van der Waals surface area (Å²) in [6, 6.07) is 21.2. The first kappa shape index (κ1) is 23.5. The van der Waals surface area contributed by atoms with Gasteiger partial charge in [-0.25, -0.2) is 8.42 Å². The number of nitrogens with zero attached hydrogens (tertiary/aromatic N) is 2. The Morgan fingerprint density at radius 2 is 1.76 bits per heavy atom. The third kappa shape index (κ3) is 4.82. The summed E-state index contributed by atoms with van der Waals surface area (Å²) in [5.41, 5.74) is 9.56. The van der Waals surface area contributed by atoms with Gasteiger partial charge in [-0.05, 0) is 60.7 Å². The smallest absolute Gasteiger partial charge is 0.264 e. The lowest BCUT2D eigenvalue weighted by atomic mass is 10.00. The Hall–Kier alpha value is -3.65. The number of sulfonamides is 1. The number of carbonyl (C=O) groups is 1. The number of amides is 1. The van der Waals surface area contributed by atoms with Gasteiger partial charge in [0.15, 0.2) is 0 Å². The maximum absolute atomic E-state index is 13.0. The lowest BCUT2D eigenvalue weighted by Gasteiger charge is -2.31. The predicted molar refractivity (Wildman–Crippen MR) is 135 cm³/mol. The van der Waals surface area contributed by atoms with Crippen molar-refractivity contribution in [2.45, 2.75) is 30.6 Å². The second kappa shape index (κ2) is 9.69. The fourth-order valence-corrected chi connectivity index (χ4v) is 5.37. The molecular weight excluding hydrogens is 448 g/mol.